The fourth-order valence-corrected chi connectivity index (χ4v) is 2.07. The summed E-state index contributed by atoms with van der Waals surface area (Å²) < 4.78 is 23.4. The first-order chi connectivity index (χ1) is 9.10. The molecule has 0 N–H and O–H groups in total. The van der Waals surface area contributed by atoms with E-state index in [1.807, 2.05) is 0 Å². The molecule has 6 heteroatoms. The second-order valence-corrected chi connectivity index (χ2v) is 4.76. The van der Waals surface area contributed by atoms with E-state index in [9.17, 15) is 9.18 Å². The average Bonchev–Trinajstić information content (AvgIpc) is 2.38. The van der Waals surface area contributed by atoms with Crippen LogP contribution < -0.4 is 0 Å². The van der Waals surface area contributed by atoms with Crippen LogP contribution in [0.15, 0.2) is 22.7 Å². The van der Waals surface area contributed by atoms with E-state index in [0.717, 1.165) is 0 Å². The SMILES string of the molecule is COCCN(CCOC)C(=O)c1ccc(F)cc1Br. The van der Waals surface area contributed by atoms with E-state index in [1.165, 1.54) is 18.2 Å². The van der Waals surface area contributed by atoms with Crippen LogP contribution in [0.5, 0.6) is 0 Å². The molecular weight excluding hydrogens is 317 g/mol. The largest absolute Gasteiger partial charge is 0.383 e. The van der Waals surface area contributed by atoms with E-state index in [1.54, 1.807) is 19.1 Å². The Morgan fingerprint density at radius 2 is 1.84 bits per heavy atom. The van der Waals surface area contributed by atoms with E-state index in [-0.39, 0.29) is 11.7 Å². The van der Waals surface area contributed by atoms with Crippen LogP contribution >= 0.6 is 15.9 Å². The van der Waals surface area contributed by atoms with E-state index in [2.05, 4.69) is 15.9 Å². The average molecular weight is 334 g/mol. The van der Waals surface area contributed by atoms with E-state index in [4.69, 9.17) is 9.47 Å². The van der Waals surface area contributed by atoms with Gasteiger partial charge in [-0.15, -0.1) is 0 Å². The van der Waals surface area contributed by atoms with Crippen LogP contribution in [0.25, 0.3) is 0 Å². The lowest BCUT2D eigenvalue weighted by atomic mass is 10.2. The molecule has 1 amide bonds. The molecule has 0 saturated carbocycles. The van der Waals surface area contributed by atoms with Crippen LogP contribution in [-0.2, 0) is 9.47 Å². The predicted molar refractivity (Wildman–Crippen MR) is 73.8 cm³/mol. The number of rotatable bonds is 7. The van der Waals surface area contributed by atoms with Gasteiger partial charge in [-0.2, -0.15) is 0 Å². The lowest BCUT2D eigenvalue weighted by Gasteiger charge is -2.22. The molecule has 0 saturated heterocycles. The van der Waals surface area contributed by atoms with Crippen LogP contribution in [0.2, 0.25) is 0 Å². The van der Waals surface area contributed by atoms with Gasteiger partial charge < -0.3 is 14.4 Å². The number of benzene rings is 1. The first-order valence-corrected chi connectivity index (χ1v) is 6.61. The molecule has 1 aromatic carbocycles. The maximum atomic E-state index is 13.0. The summed E-state index contributed by atoms with van der Waals surface area (Å²) in [7, 11) is 3.15. The van der Waals surface area contributed by atoms with Gasteiger partial charge in [-0.25, -0.2) is 4.39 Å². The van der Waals surface area contributed by atoms with Crippen LogP contribution in [-0.4, -0.2) is 51.3 Å². The smallest absolute Gasteiger partial charge is 0.255 e. The molecule has 0 aliphatic carbocycles. The van der Waals surface area contributed by atoms with Crippen molar-refractivity contribution in [2.75, 3.05) is 40.5 Å². The Balaban J connectivity index is 2.84. The number of hydrogen-bond acceptors (Lipinski definition) is 3. The highest BCUT2D eigenvalue weighted by Gasteiger charge is 2.18. The summed E-state index contributed by atoms with van der Waals surface area (Å²) in [6.07, 6.45) is 0. The maximum absolute atomic E-state index is 13.0. The first kappa shape index (κ1) is 16.1. The Bertz CT molecular complexity index is 420. The van der Waals surface area contributed by atoms with Crippen molar-refractivity contribution >= 4 is 21.8 Å². The molecule has 106 valence electrons. The number of carbonyl (C=O) groups is 1. The third kappa shape index (κ3) is 4.89. The van der Waals surface area contributed by atoms with Crippen molar-refractivity contribution in [3.8, 4) is 0 Å². The quantitative estimate of drug-likeness (QED) is 0.768. The molecule has 0 aliphatic heterocycles. The lowest BCUT2D eigenvalue weighted by Crippen LogP contribution is -2.36. The zero-order valence-electron chi connectivity index (χ0n) is 11.0. The van der Waals surface area contributed by atoms with Crippen molar-refractivity contribution in [1.29, 1.82) is 0 Å². The van der Waals surface area contributed by atoms with Crippen molar-refractivity contribution in [2.45, 2.75) is 0 Å². The minimum atomic E-state index is -0.385. The molecule has 0 bridgehead atoms. The van der Waals surface area contributed by atoms with Crippen LogP contribution in [0.4, 0.5) is 4.39 Å². The van der Waals surface area contributed by atoms with Gasteiger partial charge in [-0.05, 0) is 34.1 Å². The van der Waals surface area contributed by atoms with E-state index >= 15 is 0 Å². The van der Waals surface area contributed by atoms with Crippen molar-refractivity contribution in [3.63, 3.8) is 0 Å². The molecule has 0 atom stereocenters. The van der Waals surface area contributed by atoms with Crippen LogP contribution in [0, 0.1) is 5.82 Å². The van der Waals surface area contributed by atoms with E-state index < -0.39 is 0 Å². The van der Waals surface area contributed by atoms with Gasteiger partial charge in [0.15, 0.2) is 0 Å². The molecule has 0 fully saturated rings. The maximum Gasteiger partial charge on any atom is 0.255 e. The molecule has 0 unspecified atom stereocenters. The number of ether oxygens (including phenoxy) is 2. The molecule has 4 nitrogen and oxygen atoms in total. The zero-order chi connectivity index (χ0) is 14.3. The number of nitrogens with zero attached hydrogens (tertiary/aromatic N) is 1. The number of carbonyl (C=O) groups excluding carboxylic acids is 1. The molecule has 19 heavy (non-hydrogen) atoms. The second kappa shape index (κ2) is 8.24. The molecular formula is C13H17BrFNO3. The Morgan fingerprint density at radius 3 is 2.32 bits per heavy atom. The monoisotopic (exact) mass is 333 g/mol. The van der Waals surface area contributed by atoms with E-state index in [0.29, 0.717) is 36.3 Å². The number of hydrogen-bond donors (Lipinski definition) is 0. The highest BCUT2D eigenvalue weighted by atomic mass is 79.9. The molecule has 1 rings (SSSR count). The summed E-state index contributed by atoms with van der Waals surface area (Å²) in [6, 6.07) is 4.01. The van der Waals surface area contributed by atoms with Gasteiger partial charge in [0.2, 0.25) is 0 Å². The van der Waals surface area contributed by atoms with Gasteiger partial charge in [0.25, 0.3) is 5.91 Å². The van der Waals surface area contributed by atoms with Gasteiger partial charge in [-0.1, -0.05) is 0 Å². The summed E-state index contributed by atoms with van der Waals surface area (Å²) in [4.78, 5) is 14.0. The molecule has 1 aromatic rings. The Labute approximate surface area is 120 Å². The van der Waals surface area contributed by atoms with Gasteiger partial charge >= 0.3 is 0 Å². The molecule has 0 radical (unpaired) electrons. The van der Waals surface area contributed by atoms with Crippen molar-refractivity contribution in [1.82, 2.24) is 4.90 Å². The molecule has 0 aliphatic rings. The standard InChI is InChI=1S/C13H17BrFNO3/c1-18-7-5-16(6-8-19-2)13(17)11-4-3-10(15)9-12(11)14/h3-4,9H,5-8H2,1-2H3. The summed E-state index contributed by atoms with van der Waals surface area (Å²) in [5.41, 5.74) is 0.425. The summed E-state index contributed by atoms with van der Waals surface area (Å²) in [6.45, 7) is 1.80. The topological polar surface area (TPSA) is 38.8 Å². The molecule has 0 heterocycles. The highest BCUT2D eigenvalue weighted by Crippen LogP contribution is 2.19. The Kier molecular flexibility index (Phi) is 6.97. The first-order valence-electron chi connectivity index (χ1n) is 5.82. The number of amides is 1. The normalized spacial score (nSPS) is 10.5. The molecule has 0 aromatic heterocycles. The predicted octanol–water partition coefficient (Wildman–Crippen LogP) is 2.32. The third-order valence-electron chi connectivity index (χ3n) is 2.58. The third-order valence-corrected chi connectivity index (χ3v) is 3.24. The highest BCUT2D eigenvalue weighted by molar-refractivity contribution is 9.10. The lowest BCUT2D eigenvalue weighted by molar-refractivity contribution is 0.0626. The summed E-state index contributed by atoms with van der Waals surface area (Å²) in [5, 5.41) is 0. The van der Waals surface area contributed by atoms with Crippen molar-refractivity contribution in [2.24, 2.45) is 0 Å². The number of methoxy groups -OCH3 is 2. The van der Waals surface area contributed by atoms with Gasteiger partial charge in [0, 0.05) is 31.8 Å². The number of halogens is 2. The Morgan fingerprint density at radius 1 is 1.26 bits per heavy atom. The summed E-state index contributed by atoms with van der Waals surface area (Å²) >= 11 is 3.20. The van der Waals surface area contributed by atoms with Crippen molar-refractivity contribution in [3.05, 3.63) is 34.1 Å². The van der Waals surface area contributed by atoms with Gasteiger partial charge in [0.1, 0.15) is 5.82 Å². The van der Waals surface area contributed by atoms with Crippen LogP contribution in [0.3, 0.4) is 0 Å². The molecule has 0 spiro atoms. The Hall–Kier alpha value is -0.980. The van der Waals surface area contributed by atoms with Gasteiger partial charge in [-0.3, -0.25) is 4.79 Å². The second-order valence-electron chi connectivity index (χ2n) is 3.90. The fraction of sp³-hybridized carbons (Fsp3) is 0.462. The minimum absolute atomic E-state index is 0.180. The van der Waals surface area contributed by atoms with Crippen LogP contribution in [0.1, 0.15) is 10.4 Å². The minimum Gasteiger partial charge on any atom is -0.383 e. The fourth-order valence-electron chi connectivity index (χ4n) is 1.55. The zero-order valence-corrected chi connectivity index (χ0v) is 12.6. The van der Waals surface area contributed by atoms with Crippen molar-refractivity contribution < 1.29 is 18.7 Å². The summed E-state index contributed by atoms with van der Waals surface area (Å²) in [5.74, 6) is -0.565. The van der Waals surface area contributed by atoms with Gasteiger partial charge in [0.05, 0.1) is 18.8 Å².